The van der Waals surface area contributed by atoms with Crippen molar-refractivity contribution in [2.45, 2.75) is 45.1 Å². The van der Waals surface area contributed by atoms with Crippen molar-refractivity contribution in [3.05, 3.63) is 59.7 Å². The molecule has 2 aromatic rings. The summed E-state index contributed by atoms with van der Waals surface area (Å²) in [5, 5.41) is 7.59. The molecule has 0 amide bonds. The van der Waals surface area contributed by atoms with E-state index in [0.29, 0.717) is 11.7 Å². The van der Waals surface area contributed by atoms with Crippen LogP contribution in [-0.4, -0.2) is 11.7 Å². The Kier molecular flexibility index (Phi) is 5.59. The Hall–Kier alpha value is -2.07. The zero-order valence-electron chi connectivity index (χ0n) is 15.0. The monoisotopic (exact) mass is 354 g/mol. The molecule has 2 aromatic carbocycles. The number of aryl methyl sites for hydroxylation is 1. The first-order valence-corrected chi connectivity index (χ1v) is 9.41. The smallest absolute Gasteiger partial charge is 0.171 e. The lowest BCUT2D eigenvalue weighted by Crippen LogP contribution is -2.45. The van der Waals surface area contributed by atoms with Gasteiger partial charge in [0.05, 0.1) is 12.1 Å². The van der Waals surface area contributed by atoms with Gasteiger partial charge in [-0.05, 0) is 68.7 Å². The zero-order valence-corrected chi connectivity index (χ0v) is 15.8. The summed E-state index contributed by atoms with van der Waals surface area (Å²) >= 11 is 5.60. The molecule has 1 saturated carbocycles. The molecule has 1 fully saturated rings. The number of thiocarbonyl (C=S) groups is 1. The van der Waals surface area contributed by atoms with Crippen molar-refractivity contribution in [2.75, 3.05) is 11.9 Å². The molecule has 0 heterocycles. The fourth-order valence-electron chi connectivity index (χ4n) is 3.52. The van der Waals surface area contributed by atoms with Crippen LogP contribution in [0.1, 0.15) is 43.7 Å². The van der Waals surface area contributed by atoms with Crippen LogP contribution < -0.4 is 15.4 Å². The molecule has 0 aliphatic heterocycles. The van der Waals surface area contributed by atoms with Crippen LogP contribution in [0.4, 0.5) is 5.69 Å². The van der Waals surface area contributed by atoms with E-state index in [4.69, 9.17) is 17.0 Å². The van der Waals surface area contributed by atoms with Crippen LogP contribution in [0.15, 0.2) is 48.5 Å². The first-order chi connectivity index (χ1) is 12.1. The second-order valence-electron chi connectivity index (χ2n) is 6.69. The van der Waals surface area contributed by atoms with Gasteiger partial charge in [0.15, 0.2) is 5.11 Å². The highest BCUT2D eigenvalue weighted by Gasteiger charge is 2.36. The number of ether oxygens (including phenoxy) is 1. The minimum atomic E-state index is -0.0525. The lowest BCUT2D eigenvalue weighted by molar-refractivity contribution is 0.340. The van der Waals surface area contributed by atoms with E-state index in [-0.39, 0.29) is 5.54 Å². The van der Waals surface area contributed by atoms with Crippen LogP contribution in [0.25, 0.3) is 0 Å². The number of anilines is 1. The predicted molar refractivity (Wildman–Crippen MR) is 108 cm³/mol. The van der Waals surface area contributed by atoms with Gasteiger partial charge in [-0.15, -0.1) is 0 Å². The average molecular weight is 355 g/mol. The van der Waals surface area contributed by atoms with E-state index in [1.54, 1.807) is 0 Å². The Bertz CT molecular complexity index is 704. The number of nitrogens with one attached hydrogen (secondary N) is 2. The number of hydrogen-bond acceptors (Lipinski definition) is 2. The maximum atomic E-state index is 5.60. The Morgan fingerprint density at radius 1 is 1.04 bits per heavy atom. The van der Waals surface area contributed by atoms with Gasteiger partial charge in [0.25, 0.3) is 0 Å². The summed E-state index contributed by atoms with van der Waals surface area (Å²) in [4.78, 5) is 0. The highest BCUT2D eigenvalue weighted by atomic mass is 32.1. The molecular formula is C21H26N2OS. The van der Waals surface area contributed by atoms with Crippen molar-refractivity contribution in [1.29, 1.82) is 0 Å². The third kappa shape index (κ3) is 4.31. The second-order valence-corrected chi connectivity index (χ2v) is 7.10. The quantitative estimate of drug-likeness (QED) is 0.728. The van der Waals surface area contributed by atoms with E-state index >= 15 is 0 Å². The first kappa shape index (κ1) is 17.7. The van der Waals surface area contributed by atoms with Crippen molar-refractivity contribution < 1.29 is 4.74 Å². The van der Waals surface area contributed by atoms with Gasteiger partial charge in [-0.2, -0.15) is 0 Å². The summed E-state index contributed by atoms with van der Waals surface area (Å²) in [5.74, 6) is 0.874. The summed E-state index contributed by atoms with van der Waals surface area (Å²) in [6.07, 6.45) is 4.68. The highest BCUT2D eigenvalue weighted by molar-refractivity contribution is 7.80. The molecule has 4 heteroatoms. The van der Waals surface area contributed by atoms with Gasteiger partial charge in [0, 0.05) is 5.69 Å². The minimum Gasteiger partial charge on any atom is -0.494 e. The van der Waals surface area contributed by atoms with E-state index in [1.165, 1.54) is 24.0 Å². The van der Waals surface area contributed by atoms with Crippen LogP contribution in [0.2, 0.25) is 0 Å². The Labute approximate surface area is 155 Å². The maximum absolute atomic E-state index is 5.60. The van der Waals surface area contributed by atoms with E-state index in [2.05, 4.69) is 41.8 Å². The van der Waals surface area contributed by atoms with Gasteiger partial charge in [-0.3, -0.25) is 0 Å². The molecule has 132 valence electrons. The molecular weight excluding hydrogens is 328 g/mol. The minimum absolute atomic E-state index is 0.0525. The molecule has 3 nitrogen and oxygen atoms in total. The molecule has 1 aliphatic rings. The summed E-state index contributed by atoms with van der Waals surface area (Å²) < 4.78 is 5.48. The summed E-state index contributed by atoms with van der Waals surface area (Å²) in [5.41, 5.74) is 3.53. The SMILES string of the molecule is CCOc1ccc(NC(=S)NC2(c3ccc(C)cc3)CCCC2)cc1. The molecule has 0 radical (unpaired) electrons. The molecule has 0 unspecified atom stereocenters. The van der Waals surface area contributed by atoms with Crippen molar-refractivity contribution in [1.82, 2.24) is 5.32 Å². The summed E-state index contributed by atoms with van der Waals surface area (Å²) in [6.45, 7) is 4.78. The third-order valence-electron chi connectivity index (χ3n) is 4.84. The average Bonchev–Trinajstić information content (AvgIpc) is 3.07. The van der Waals surface area contributed by atoms with Gasteiger partial charge in [0.1, 0.15) is 5.75 Å². The third-order valence-corrected chi connectivity index (χ3v) is 5.04. The standard InChI is InChI=1S/C21H26N2OS/c1-3-24-19-12-10-18(11-13-19)22-20(25)23-21(14-4-5-15-21)17-8-6-16(2)7-9-17/h6-13H,3-5,14-15H2,1-2H3,(H2,22,23,25). The van der Waals surface area contributed by atoms with Crippen LogP contribution >= 0.6 is 12.2 Å². The van der Waals surface area contributed by atoms with Crippen LogP contribution in [0.3, 0.4) is 0 Å². The normalized spacial score (nSPS) is 15.6. The first-order valence-electron chi connectivity index (χ1n) is 9.00. The van der Waals surface area contributed by atoms with Gasteiger partial charge in [-0.25, -0.2) is 0 Å². The molecule has 0 aromatic heterocycles. The van der Waals surface area contributed by atoms with E-state index in [1.807, 2.05) is 31.2 Å². The summed E-state index contributed by atoms with van der Waals surface area (Å²) in [6, 6.07) is 16.7. The van der Waals surface area contributed by atoms with Crippen molar-refractivity contribution in [3.63, 3.8) is 0 Å². The number of rotatable bonds is 5. The largest absolute Gasteiger partial charge is 0.494 e. The molecule has 0 bridgehead atoms. The number of hydrogen-bond donors (Lipinski definition) is 2. The Morgan fingerprint density at radius 2 is 1.68 bits per heavy atom. The van der Waals surface area contributed by atoms with Crippen LogP contribution in [-0.2, 0) is 5.54 Å². The fraction of sp³-hybridized carbons (Fsp3) is 0.381. The zero-order chi connectivity index (χ0) is 17.7. The highest BCUT2D eigenvalue weighted by Crippen LogP contribution is 2.39. The predicted octanol–water partition coefficient (Wildman–Crippen LogP) is 5.15. The number of benzene rings is 2. The van der Waals surface area contributed by atoms with E-state index in [0.717, 1.165) is 24.3 Å². The maximum Gasteiger partial charge on any atom is 0.171 e. The Morgan fingerprint density at radius 3 is 2.28 bits per heavy atom. The molecule has 1 aliphatic carbocycles. The Balaban J connectivity index is 1.69. The van der Waals surface area contributed by atoms with Crippen LogP contribution in [0, 0.1) is 6.92 Å². The molecule has 0 saturated heterocycles. The second kappa shape index (κ2) is 7.87. The van der Waals surface area contributed by atoms with Crippen molar-refractivity contribution >= 4 is 23.0 Å². The van der Waals surface area contributed by atoms with Gasteiger partial charge >= 0.3 is 0 Å². The fourth-order valence-corrected chi connectivity index (χ4v) is 3.83. The van der Waals surface area contributed by atoms with Crippen LogP contribution in [0.5, 0.6) is 5.75 Å². The molecule has 25 heavy (non-hydrogen) atoms. The molecule has 3 rings (SSSR count). The van der Waals surface area contributed by atoms with Crippen molar-refractivity contribution in [3.8, 4) is 5.75 Å². The van der Waals surface area contributed by atoms with Gasteiger partial charge < -0.3 is 15.4 Å². The summed E-state index contributed by atoms with van der Waals surface area (Å²) in [7, 11) is 0. The lowest BCUT2D eigenvalue weighted by atomic mass is 9.88. The lowest BCUT2D eigenvalue weighted by Gasteiger charge is -2.32. The van der Waals surface area contributed by atoms with E-state index < -0.39 is 0 Å². The van der Waals surface area contributed by atoms with Gasteiger partial charge in [-0.1, -0.05) is 42.7 Å². The topological polar surface area (TPSA) is 33.3 Å². The van der Waals surface area contributed by atoms with Gasteiger partial charge in [0.2, 0.25) is 0 Å². The molecule has 0 spiro atoms. The molecule has 2 N–H and O–H groups in total. The van der Waals surface area contributed by atoms with E-state index in [9.17, 15) is 0 Å². The van der Waals surface area contributed by atoms with Crippen molar-refractivity contribution in [2.24, 2.45) is 0 Å². The molecule has 0 atom stereocenters.